The van der Waals surface area contributed by atoms with Crippen molar-refractivity contribution in [1.29, 1.82) is 0 Å². The van der Waals surface area contributed by atoms with Gasteiger partial charge in [0, 0.05) is 18.5 Å². The first kappa shape index (κ1) is 20.8. The second-order valence-electron chi connectivity index (χ2n) is 7.67. The summed E-state index contributed by atoms with van der Waals surface area (Å²) in [5, 5.41) is 0.867. The summed E-state index contributed by atoms with van der Waals surface area (Å²) in [6.07, 6.45) is 1.25. The van der Waals surface area contributed by atoms with Crippen LogP contribution in [0.1, 0.15) is 45.6 Å². The zero-order valence-electron chi connectivity index (χ0n) is 15.6. The molecule has 0 aromatic heterocycles. The Balaban J connectivity index is 2.35. The summed E-state index contributed by atoms with van der Waals surface area (Å²) in [6.45, 7) is 6.43. The number of esters is 1. The number of benzene rings is 1. The average molecular weight is 402 g/mol. The summed E-state index contributed by atoms with van der Waals surface area (Å²) >= 11 is 12.2. The zero-order chi connectivity index (χ0) is 19.5. The van der Waals surface area contributed by atoms with E-state index in [4.69, 9.17) is 32.7 Å². The van der Waals surface area contributed by atoms with Gasteiger partial charge in [0.1, 0.15) is 5.60 Å². The van der Waals surface area contributed by atoms with Gasteiger partial charge in [0.2, 0.25) is 0 Å². The van der Waals surface area contributed by atoms with Crippen LogP contribution in [0, 0.1) is 0 Å². The minimum atomic E-state index is -0.587. The number of rotatable bonds is 3. The van der Waals surface area contributed by atoms with E-state index in [9.17, 15) is 9.59 Å². The molecular weight excluding hydrogens is 377 g/mol. The lowest BCUT2D eigenvalue weighted by molar-refractivity contribution is -0.142. The van der Waals surface area contributed by atoms with Gasteiger partial charge in [-0.15, -0.1) is 0 Å². The highest BCUT2D eigenvalue weighted by molar-refractivity contribution is 6.42. The van der Waals surface area contributed by atoms with Gasteiger partial charge in [-0.05, 0) is 51.3 Å². The number of carbonyl (C=O) groups excluding carboxylic acids is 2. The van der Waals surface area contributed by atoms with Crippen molar-refractivity contribution in [3.8, 4) is 0 Å². The van der Waals surface area contributed by atoms with E-state index in [0.717, 1.165) is 18.4 Å². The van der Waals surface area contributed by atoms with Crippen LogP contribution in [0.15, 0.2) is 18.2 Å². The Bertz CT molecular complexity index is 687. The molecule has 0 spiro atoms. The molecule has 1 aliphatic heterocycles. The molecule has 0 N–H and O–H groups in total. The average Bonchev–Trinajstić information content (AvgIpc) is 2.55. The van der Waals surface area contributed by atoms with Crippen LogP contribution in [0.5, 0.6) is 0 Å². The molecule has 1 heterocycles. The molecule has 0 saturated carbocycles. The number of hydrogen-bond acceptors (Lipinski definition) is 4. The molecule has 1 aromatic carbocycles. The lowest BCUT2D eigenvalue weighted by Gasteiger charge is -2.43. The first-order valence-corrected chi connectivity index (χ1v) is 9.32. The van der Waals surface area contributed by atoms with Crippen molar-refractivity contribution >= 4 is 35.3 Å². The van der Waals surface area contributed by atoms with Crippen molar-refractivity contribution in [3.05, 3.63) is 33.8 Å². The van der Waals surface area contributed by atoms with E-state index in [1.165, 1.54) is 7.11 Å². The number of amides is 1. The predicted molar refractivity (Wildman–Crippen MR) is 102 cm³/mol. The molecule has 7 heteroatoms. The van der Waals surface area contributed by atoms with E-state index >= 15 is 0 Å². The van der Waals surface area contributed by atoms with Gasteiger partial charge in [-0.25, -0.2) is 4.79 Å². The van der Waals surface area contributed by atoms with Crippen molar-refractivity contribution in [2.75, 3.05) is 20.2 Å². The molecule has 1 atom stereocenters. The van der Waals surface area contributed by atoms with Gasteiger partial charge in [0.25, 0.3) is 0 Å². The Morgan fingerprint density at radius 3 is 2.50 bits per heavy atom. The predicted octanol–water partition coefficient (Wildman–Crippen LogP) is 4.83. The van der Waals surface area contributed by atoms with Crippen LogP contribution in [0.25, 0.3) is 0 Å². The molecule has 1 fully saturated rings. The number of ether oxygens (including phenoxy) is 2. The van der Waals surface area contributed by atoms with Crippen molar-refractivity contribution in [2.24, 2.45) is 0 Å². The van der Waals surface area contributed by atoms with Gasteiger partial charge in [-0.2, -0.15) is 0 Å². The number of likely N-dealkylation sites (tertiary alicyclic amines) is 1. The fraction of sp³-hybridized carbons (Fsp3) is 0.579. The molecule has 1 saturated heterocycles. The third-order valence-electron chi connectivity index (χ3n) is 4.47. The maximum atomic E-state index is 12.5. The molecule has 1 amide bonds. The maximum absolute atomic E-state index is 12.5. The molecule has 0 radical (unpaired) electrons. The number of carbonyl (C=O) groups is 2. The van der Waals surface area contributed by atoms with Crippen LogP contribution in [-0.4, -0.2) is 42.8 Å². The molecule has 0 unspecified atom stereocenters. The number of nitrogens with zero attached hydrogens (tertiary/aromatic N) is 1. The second kappa shape index (κ2) is 8.05. The lowest BCUT2D eigenvalue weighted by Crippen LogP contribution is -2.50. The van der Waals surface area contributed by atoms with Crippen molar-refractivity contribution in [3.63, 3.8) is 0 Å². The smallest absolute Gasteiger partial charge is 0.410 e. The molecule has 0 bridgehead atoms. The van der Waals surface area contributed by atoms with Gasteiger partial charge in [-0.1, -0.05) is 29.3 Å². The minimum absolute atomic E-state index is 0.154. The quantitative estimate of drug-likeness (QED) is 0.680. The monoisotopic (exact) mass is 401 g/mol. The molecule has 1 aromatic rings. The van der Waals surface area contributed by atoms with E-state index < -0.39 is 11.0 Å². The van der Waals surface area contributed by atoms with Crippen LogP contribution >= 0.6 is 23.2 Å². The number of halogens is 2. The SMILES string of the molecule is COC(=O)C[C@]1(c2ccc(Cl)c(Cl)c2)CCCN(C(=O)OC(C)(C)C)C1. The number of piperidine rings is 1. The summed E-state index contributed by atoms with van der Waals surface area (Å²) in [6, 6.07) is 5.34. The summed E-state index contributed by atoms with van der Waals surface area (Å²) in [7, 11) is 1.36. The molecule has 1 aliphatic rings. The molecular formula is C19H25Cl2NO4. The Kier molecular flexibility index (Phi) is 6.46. The minimum Gasteiger partial charge on any atom is -0.469 e. The fourth-order valence-corrected chi connectivity index (χ4v) is 3.57. The zero-order valence-corrected chi connectivity index (χ0v) is 17.1. The van der Waals surface area contributed by atoms with E-state index in [1.54, 1.807) is 17.0 Å². The summed E-state index contributed by atoms with van der Waals surface area (Å²) < 4.78 is 10.4. The first-order valence-electron chi connectivity index (χ1n) is 8.57. The Morgan fingerprint density at radius 1 is 1.23 bits per heavy atom. The third-order valence-corrected chi connectivity index (χ3v) is 5.21. The van der Waals surface area contributed by atoms with E-state index in [2.05, 4.69) is 0 Å². The highest BCUT2D eigenvalue weighted by Gasteiger charge is 2.42. The largest absolute Gasteiger partial charge is 0.469 e. The van der Waals surface area contributed by atoms with E-state index in [0.29, 0.717) is 23.1 Å². The van der Waals surface area contributed by atoms with E-state index in [1.807, 2.05) is 26.8 Å². The van der Waals surface area contributed by atoms with Crippen LogP contribution in [0.2, 0.25) is 10.0 Å². The van der Waals surface area contributed by atoms with E-state index in [-0.39, 0.29) is 18.5 Å². The normalized spacial score (nSPS) is 20.6. The van der Waals surface area contributed by atoms with Crippen LogP contribution in [0.4, 0.5) is 4.79 Å². The number of methoxy groups -OCH3 is 1. The standard InChI is InChI=1S/C19H25Cl2NO4/c1-18(2,3)26-17(24)22-9-5-8-19(12-22,11-16(23)25-4)13-6-7-14(20)15(21)10-13/h6-7,10H,5,8-9,11-12H2,1-4H3/t19-/m1/s1. The summed E-state index contributed by atoms with van der Waals surface area (Å²) in [5.74, 6) is -0.331. The van der Waals surface area contributed by atoms with Crippen LogP contribution in [-0.2, 0) is 19.7 Å². The highest BCUT2D eigenvalue weighted by atomic mass is 35.5. The molecule has 0 aliphatic carbocycles. The summed E-state index contributed by atoms with van der Waals surface area (Å²) in [5.41, 5.74) is -0.301. The van der Waals surface area contributed by atoms with Crippen molar-refractivity contribution in [2.45, 2.75) is 51.0 Å². The molecule has 2 rings (SSSR count). The Labute approximate surface area is 164 Å². The fourth-order valence-electron chi connectivity index (χ4n) is 3.27. The highest BCUT2D eigenvalue weighted by Crippen LogP contribution is 2.40. The van der Waals surface area contributed by atoms with Gasteiger partial charge >= 0.3 is 12.1 Å². The Hall–Kier alpha value is -1.46. The number of hydrogen-bond donors (Lipinski definition) is 0. The van der Waals surface area contributed by atoms with Gasteiger partial charge in [0.15, 0.2) is 0 Å². The van der Waals surface area contributed by atoms with Gasteiger partial charge in [-0.3, -0.25) is 4.79 Å². The van der Waals surface area contributed by atoms with Crippen LogP contribution < -0.4 is 0 Å². The van der Waals surface area contributed by atoms with Crippen LogP contribution in [0.3, 0.4) is 0 Å². The lowest BCUT2D eigenvalue weighted by atomic mass is 9.71. The maximum Gasteiger partial charge on any atom is 0.410 e. The second-order valence-corrected chi connectivity index (χ2v) is 8.48. The van der Waals surface area contributed by atoms with Crippen molar-refractivity contribution in [1.82, 2.24) is 4.90 Å². The summed E-state index contributed by atoms with van der Waals surface area (Å²) in [4.78, 5) is 26.3. The van der Waals surface area contributed by atoms with Crippen molar-refractivity contribution < 1.29 is 19.1 Å². The topological polar surface area (TPSA) is 55.8 Å². The first-order chi connectivity index (χ1) is 12.1. The molecule has 26 heavy (non-hydrogen) atoms. The third kappa shape index (κ3) is 5.04. The molecule has 5 nitrogen and oxygen atoms in total. The Morgan fingerprint density at radius 2 is 1.92 bits per heavy atom. The van der Waals surface area contributed by atoms with Gasteiger partial charge in [0.05, 0.1) is 23.6 Å². The molecule has 144 valence electrons. The van der Waals surface area contributed by atoms with Gasteiger partial charge < -0.3 is 14.4 Å².